The van der Waals surface area contributed by atoms with E-state index in [1.165, 1.54) is 24.3 Å². The van der Waals surface area contributed by atoms with Crippen molar-refractivity contribution in [3.8, 4) is 0 Å². The number of nitrogens with zero attached hydrogens (tertiary/aromatic N) is 2. The van der Waals surface area contributed by atoms with E-state index in [1.807, 2.05) is 24.3 Å². The lowest BCUT2D eigenvalue weighted by atomic mass is 9.99. The number of nitrogens with one attached hydrogen (secondary N) is 3. The zero-order valence-electron chi connectivity index (χ0n) is 24.2. The molecule has 45 heavy (non-hydrogen) atoms. The number of amides is 1. The van der Waals surface area contributed by atoms with E-state index in [9.17, 15) is 26.8 Å². The van der Waals surface area contributed by atoms with E-state index >= 15 is 0 Å². The fraction of sp³-hybridized carbons (Fsp3) is 0.152. The monoisotopic (exact) mass is 629 g/mol. The van der Waals surface area contributed by atoms with Crippen LogP contribution in [0, 0.1) is 11.6 Å². The molecule has 230 valence electrons. The first-order chi connectivity index (χ1) is 21.6. The minimum atomic E-state index is -4.33. The van der Waals surface area contributed by atoms with Crippen LogP contribution >= 0.6 is 0 Å². The van der Waals surface area contributed by atoms with Crippen LogP contribution in [-0.2, 0) is 14.8 Å². The molecular weight excluding hydrogens is 600 g/mol. The maximum atomic E-state index is 13.6. The van der Waals surface area contributed by atoms with Gasteiger partial charge in [-0.05, 0) is 61.6 Å². The fourth-order valence-electron chi connectivity index (χ4n) is 5.26. The number of likely N-dealkylation sites (N-methyl/N-ethyl adjacent to an activating group) is 1. The van der Waals surface area contributed by atoms with E-state index in [2.05, 4.69) is 32.2 Å². The summed E-state index contributed by atoms with van der Waals surface area (Å²) in [5.74, 6) is -2.80. The van der Waals surface area contributed by atoms with Gasteiger partial charge in [0.2, 0.25) is 0 Å². The van der Waals surface area contributed by atoms with Crippen molar-refractivity contribution < 1.29 is 26.8 Å². The van der Waals surface area contributed by atoms with E-state index in [0.717, 1.165) is 37.6 Å². The molecule has 2 aliphatic rings. The van der Waals surface area contributed by atoms with Crippen LogP contribution in [-0.4, -0.2) is 58.2 Å². The molecule has 0 radical (unpaired) electrons. The Bertz CT molecular complexity index is 1920. The van der Waals surface area contributed by atoms with Crippen molar-refractivity contribution in [2.45, 2.75) is 4.90 Å². The summed E-state index contributed by atoms with van der Waals surface area (Å²) in [5, 5.41) is 5.98. The standard InChI is InChI=1S/C33H29F2N5O4S/c1-39-11-13-40(14-12-39)27-8-6-25(7-9-27)36-20-30-29-10-5-22(16-31(29)37-33(30)42)32(41)21-3-2-4-26(15-21)38-45(43,44)28-18-23(34)17-24(35)19-28/h2-10,15-20,36,38H,11-14H2,1H3,(H,37,42)/b30-20+. The highest BCUT2D eigenvalue weighted by Gasteiger charge is 2.26. The molecule has 0 spiro atoms. The van der Waals surface area contributed by atoms with Crippen molar-refractivity contribution in [2.24, 2.45) is 0 Å². The highest BCUT2D eigenvalue weighted by atomic mass is 32.2. The van der Waals surface area contributed by atoms with Crippen LogP contribution in [0.2, 0.25) is 0 Å². The van der Waals surface area contributed by atoms with E-state index in [0.29, 0.717) is 35.0 Å². The molecule has 3 N–H and O–H groups in total. The molecule has 1 saturated heterocycles. The number of sulfonamides is 1. The van der Waals surface area contributed by atoms with Gasteiger partial charge < -0.3 is 20.4 Å². The van der Waals surface area contributed by atoms with Crippen LogP contribution < -0.4 is 20.3 Å². The lowest BCUT2D eigenvalue weighted by Crippen LogP contribution is -2.44. The van der Waals surface area contributed by atoms with Crippen molar-refractivity contribution in [1.29, 1.82) is 0 Å². The Hall–Kier alpha value is -5.07. The fourth-order valence-corrected chi connectivity index (χ4v) is 6.35. The van der Waals surface area contributed by atoms with Gasteiger partial charge in [-0.1, -0.05) is 24.3 Å². The smallest absolute Gasteiger partial charge is 0.262 e. The summed E-state index contributed by atoms with van der Waals surface area (Å²) in [6.45, 7) is 3.97. The second-order valence-corrected chi connectivity index (χ2v) is 12.6. The van der Waals surface area contributed by atoms with Gasteiger partial charge in [0, 0.05) is 77.9 Å². The van der Waals surface area contributed by atoms with Crippen LogP contribution in [0.3, 0.4) is 0 Å². The van der Waals surface area contributed by atoms with Gasteiger partial charge in [-0.3, -0.25) is 14.3 Å². The zero-order valence-corrected chi connectivity index (χ0v) is 25.0. The SMILES string of the molecule is CN1CCN(c2ccc(N/C=C3/C(=O)Nc4cc(C(=O)c5cccc(NS(=O)(=O)c6cc(F)cc(F)c6)c5)ccc43)cc2)CC1. The lowest BCUT2D eigenvalue weighted by molar-refractivity contribution is -0.110. The van der Waals surface area contributed by atoms with Crippen LogP contribution in [0.4, 0.5) is 31.5 Å². The number of fused-ring (bicyclic) bond motifs is 1. The van der Waals surface area contributed by atoms with Gasteiger partial charge in [-0.25, -0.2) is 17.2 Å². The average Bonchev–Trinajstić information content (AvgIpc) is 3.33. The Kier molecular flexibility index (Phi) is 8.09. The Labute approximate surface area is 259 Å². The van der Waals surface area contributed by atoms with Crippen LogP contribution in [0.15, 0.2) is 96.0 Å². The number of hydrogen-bond donors (Lipinski definition) is 3. The first-order valence-electron chi connectivity index (χ1n) is 14.2. The number of hydrogen-bond acceptors (Lipinski definition) is 7. The number of ketones is 1. The Morgan fingerprint density at radius 3 is 2.24 bits per heavy atom. The maximum Gasteiger partial charge on any atom is 0.262 e. The number of rotatable bonds is 8. The molecule has 0 atom stereocenters. The maximum absolute atomic E-state index is 13.6. The summed E-state index contributed by atoms with van der Waals surface area (Å²) in [6.07, 6.45) is 1.63. The summed E-state index contributed by atoms with van der Waals surface area (Å²) >= 11 is 0. The predicted molar refractivity (Wildman–Crippen MR) is 170 cm³/mol. The van der Waals surface area contributed by atoms with Gasteiger partial charge in [0.15, 0.2) is 5.78 Å². The molecule has 0 unspecified atom stereocenters. The average molecular weight is 630 g/mol. The van der Waals surface area contributed by atoms with Gasteiger partial charge in [-0.15, -0.1) is 0 Å². The molecule has 12 heteroatoms. The number of piperazine rings is 1. The van der Waals surface area contributed by atoms with E-state index in [4.69, 9.17) is 0 Å². The highest BCUT2D eigenvalue weighted by Crippen LogP contribution is 2.33. The van der Waals surface area contributed by atoms with Crippen molar-refractivity contribution in [3.05, 3.63) is 119 Å². The van der Waals surface area contributed by atoms with Gasteiger partial charge in [0.25, 0.3) is 15.9 Å². The molecular formula is C33H29F2N5O4S. The molecule has 1 amide bonds. The normalized spacial score (nSPS) is 15.9. The number of carbonyl (C=O) groups is 2. The van der Waals surface area contributed by atoms with E-state index in [-0.39, 0.29) is 22.7 Å². The molecule has 0 aliphatic carbocycles. The van der Waals surface area contributed by atoms with Crippen molar-refractivity contribution in [3.63, 3.8) is 0 Å². The molecule has 4 aromatic rings. The van der Waals surface area contributed by atoms with Gasteiger partial charge in [0.05, 0.1) is 10.5 Å². The minimum Gasteiger partial charge on any atom is -0.369 e. The molecule has 9 nitrogen and oxygen atoms in total. The summed E-state index contributed by atoms with van der Waals surface area (Å²) in [4.78, 5) is 30.2. The van der Waals surface area contributed by atoms with Crippen molar-refractivity contribution >= 4 is 50.0 Å². The minimum absolute atomic E-state index is 0.0350. The first-order valence-corrected chi connectivity index (χ1v) is 15.6. The van der Waals surface area contributed by atoms with Gasteiger partial charge >= 0.3 is 0 Å². The Morgan fingerprint density at radius 2 is 1.53 bits per heavy atom. The number of benzene rings is 4. The summed E-state index contributed by atoms with van der Waals surface area (Å²) in [6, 6.07) is 20.6. The molecule has 0 saturated carbocycles. The molecule has 2 heterocycles. The Balaban J connectivity index is 1.15. The zero-order chi connectivity index (χ0) is 31.7. The van der Waals surface area contributed by atoms with E-state index in [1.54, 1.807) is 24.4 Å². The molecule has 1 fully saturated rings. The summed E-state index contributed by atoms with van der Waals surface area (Å²) in [5.41, 5.74) is 3.96. The van der Waals surface area contributed by atoms with Gasteiger partial charge in [0.1, 0.15) is 11.6 Å². The molecule has 0 bridgehead atoms. The second kappa shape index (κ2) is 12.1. The van der Waals surface area contributed by atoms with E-state index < -0.39 is 32.3 Å². The quantitative estimate of drug-likeness (QED) is 0.183. The number of carbonyl (C=O) groups excluding carboxylic acids is 2. The predicted octanol–water partition coefficient (Wildman–Crippen LogP) is 5.15. The van der Waals surface area contributed by atoms with Crippen molar-refractivity contribution in [1.82, 2.24) is 4.90 Å². The molecule has 0 aromatic heterocycles. The summed E-state index contributed by atoms with van der Waals surface area (Å²) < 4.78 is 54.8. The van der Waals surface area contributed by atoms with Crippen LogP contribution in [0.5, 0.6) is 0 Å². The number of anilines is 4. The molecule has 4 aromatic carbocycles. The Morgan fingerprint density at radius 1 is 0.844 bits per heavy atom. The molecule has 2 aliphatic heterocycles. The first kappa shape index (κ1) is 30.0. The largest absolute Gasteiger partial charge is 0.369 e. The second-order valence-electron chi connectivity index (χ2n) is 10.9. The third-order valence-corrected chi connectivity index (χ3v) is 9.07. The number of halogens is 2. The topological polar surface area (TPSA) is 111 Å². The summed E-state index contributed by atoms with van der Waals surface area (Å²) in [7, 11) is -2.21. The van der Waals surface area contributed by atoms with Crippen LogP contribution in [0.25, 0.3) is 5.57 Å². The van der Waals surface area contributed by atoms with Gasteiger partial charge in [-0.2, -0.15) is 0 Å². The van der Waals surface area contributed by atoms with Crippen LogP contribution in [0.1, 0.15) is 21.5 Å². The third-order valence-electron chi connectivity index (χ3n) is 7.71. The highest BCUT2D eigenvalue weighted by molar-refractivity contribution is 7.92. The van der Waals surface area contributed by atoms with Crippen molar-refractivity contribution in [2.75, 3.05) is 53.5 Å². The third kappa shape index (κ3) is 6.56. The lowest BCUT2D eigenvalue weighted by Gasteiger charge is -2.34. The molecule has 6 rings (SSSR count).